The highest BCUT2D eigenvalue weighted by Crippen LogP contribution is 2.19. The topological polar surface area (TPSA) is 46.3 Å². The van der Waals surface area contributed by atoms with Gasteiger partial charge < -0.3 is 10.6 Å². The predicted octanol–water partition coefficient (Wildman–Crippen LogP) is 2.12. The minimum atomic E-state index is 0.236. The van der Waals surface area contributed by atoms with E-state index >= 15 is 0 Å². The second-order valence-electron chi connectivity index (χ2n) is 5.56. The second-order valence-corrected chi connectivity index (χ2v) is 5.56. The summed E-state index contributed by atoms with van der Waals surface area (Å²) in [4.78, 5) is 14.4. The summed E-state index contributed by atoms with van der Waals surface area (Å²) >= 11 is 0. The van der Waals surface area contributed by atoms with Gasteiger partial charge in [-0.15, -0.1) is 0 Å². The van der Waals surface area contributed by atoms with E-state index in [0.717, 1.165) is 31.5 Å². The van der Waals surface area contributed by atoms with Crippen LogP contribution in [0.3, 0.4) is 0 Å². The van der Waals surface area contributed by atoms with Gasteiger partial charge in [0.15, 0.2) is 0 Å². The van der Waals surface area contributed by atoms with E-state index in [1.807, 2.05) is 23.1 Å². The predicted molar refractivity (Wildman–Crippen MR) is 77.8 cm³/mol. The molecule has 0 radical (unpaired) electrons. The highest BCUT2D eigenvalue weighted by Gasteiger charge is 2.27. The Morgan fingerprint density at radius 2 is 2.16 bits per heavy atom. The van der Waals surface area contributed by atoms with Gasteiger partial charge in [-0.05, 0) is 30.4 Å². The lowest BCUT2D eigenvalue weighted by molar-refractivity contribution is -0.132. The molecule has 2 N–H and O–H groups in total. The Labute approximate surface area is 115 Å². The van der Waals surface area contributed by atoms with Crippen molar-refractivity contribution in [3.05, 3.63) is 35.4 Å². The molecule has 3 nitrogen and oxygen atoms in total. The van der Waals surface area contributed by atoms with E-state index in [-0.39, 0.29) is 11.9 Å². The van der Waals surface area contributed by atoms with Crippen LogP contribution in [-0.4, -0.2) is 29.9 Å². The van der Waals surface area contributed by atoms with Crippen LogP contribution in [0.25, 0.3) is 0 Å². The van der Waals surface area contributed by atoms with Crippen molar-refractivity contribution in [1.82, 2.24) is 4.90 Å². The lowest BCUT2D eigenvalue weighted by Crippen LogP contribution is -2.49. The molecule has 1 heterocycles. The van der Waals surface area contributed by atoms with Crippen LogP contribution in [0, 0.1) is 12.8 Å². The van der Waals surface area contributed by atoms with Gasteiger partial charge in [0.25, 0.3) is 0 Å². The number of aryl methyl sites for hydroxylation is 1. The molecule has 104 valence electrons. The van der Waals surface area contributed by atoms with Crippen LogP contribution in [0.1, 0.15) is 30.9 Å². The zero-order chi connectivity index (χ0) is 13.8. The molecule has 0 aliphatic carbocycles. The van der Waals surface area contributed by atoms with Crippen molar-refractivity contribution in [1.29, 1.82) is 0 Å². The number of carbonyl (C=O) groups is 1. The van der Waals surface area contributed by atoms with Gasteiger partial charge in [0.05, 0.1) is 6.42 Å². The third-order valence-electron chi connectivity index (χ3n) is 4.27. The number of benzene rings is 1. The van der Waals surface area contributed by atoms with Crippen molar-refractivity contribution in [2.75, 3.05) is 13.1 Å². The van der Waals surface area contributed by atoms with E-state index in [4.69, 9.17) is 5.73 Å². The Morgan fingerprint density at radius 3 is 2.84 bits per heavy atom. The minimum Gasteiger partial charge on any atom is -0.342 e. The summed E-state index contributed by atoms with van der Waals surface area (Å²) in [6.45, 7) is 5.84. The van der Waals surface area contributed by atoms with Crippen molar-refractivity contribution >= 4 is 5.91 Å². The standard InChI is InChI=1S/C16H24N2O/c1-3-13-11-18(9-8-15(13)17)16(19)10-14-7-5-4-6-12(14)2/h4-7,13,15H,3,8-11,17H2,1-2H3. The van der Waals surface area contributed by atoms with E-state index < -0.39 is 0 Å². The fraction of sp³-hybridized carbons (Fsp3) is 0.562. The summed E-state index contributed by atoms with van der Waals surface area (Å²) in [5, 5.41) is 0. The molecule has 1 saturated heterocycles. The molecule has 0 spiro atoms. The van der Waals surface area contributed by atoms with Gasteiger partial charge in [-0.2, -0.15) is 0 Å². The number of amides is 1. The van der Waals surface area contributed by atoms with Crippen molar-refractivity contribution < 1.29 is 4.79 Å². The summed E-state index contributed by atoms with van der Waals surface area (Å²) in [5.41, 5.74) is 8.42. The molecule has 1 aliphatic heterocycles. The van der Waals surface area contributed by atoms with Gasteiger partial charge in [-0.25, -0.2) is 0 Å². The fourth-order valence-corrected chi connectivity index (χ4v) is 2.79. The summed E-state index contributed by atoms with van der Waals surface area (Å²) in [7, 11) is 0. The molecule has 3 heteroatoms. The van der Waals surface area contributed by atoms with Crippen LogP contribution in [0.15, 0.2) is 24.3 Å². The fourth-order valence-electron chi connectivity index (χ4n) is 2.79. The summed E-state index contributed by atoms with van der Waals surface area (Å²) in [6, 6.07) is 8.36. The molecule has 0 bridgehead atoms. The number of rotatable bonds is 3. The first-order chi connectivity index (χ1) is 9.11. The average Bonchev–Trinajstić information content (AvgIpc) is 2.42. The van der Waals surface area contributed by atoms with E-state index in [9.17, 15) is 4.79 Å². The van der Waals surface area contributed by atoms with Crippen molar-refractivity contribution in [3.8, 4) is 0 Å². The monoisotopic (exact) mass is 260 g/mol. The van der Waals surface area contributed by atoms with Gasteiger partial charge in [-0.3, -0.25) is 4.79 Å². The molecule has 1 aromatic carbocycles. The second kappa shape index (κ2) is 6.20. The third-order valence-corrected chi connectivity index (χ3v) is 4.27. The lowest BCUT2D eigenvalue weighted by atomic mass is 9.90. The van der Waals surface area contributed by atoms with E-state index in [1.54, 1.807) is 0 Å². The molecule has 1 fully saturated rings. The average molecular weight is 260 g/mol. The number of hydrogen-bond donors (Lipinski definition) is 1. The van der Waals surface area contributed by atoms with Crippen molar-refractivity contribution in [2.24, 2.45) is 11.7 Å². The Kier molecular flexibility index (Phi) is 4.59. The highest BCUT2D eigenvalue weighted by molar-refractivity contribution is 5.79. The Balaban J connectivity index is 1.99. The summed E-state index contributed by atoms with van der Waals surface area (Å²) in [6.07, 6.45) is 2.49. The maximum Gasteiger partial charge on any atom is 0.227 e. The summed E-state index contributed by atoms with van der Waals surface area (Å²) in [5.74, 6) is 0.689. The lowest BCUT2D eigenvalue weighted by Gasteiger charge is -2.36. The molecule has 1 aliphatic rings. The first-order valence-corrected chi connectivity index (χ1v) is 7.19. The number of nitrogens with zero attached hydrogens (tertiary/aromatic N) is 1. The van der Waals surface area contributed by atoms with Crippen LogP contribution in [-0.2, 0) is 11.2 Å². The number of carbonyl (C=O) groups excluding carboxylic acids is 1. The Hall–Kier alpha value is -1.35. The Morgan fingerprint density at radius 1 is 1.42 bits per heavy atom. The molecule has 0 saturated carbocycles. The minimum absolute atomic E-state index is 0.236. The van der Waals surface area contributed by atoms with Crippen LogP contribution < -0.4 is 5.73 Å². The van der Waals surface area contributed by atoms with Gasteiger partial charge in [-0.1, -0.05) is 37.6 Å². The zero-order valence-electron chi connectivity index (χ0n) is 11.9. The number of nitrogens with two attached hydrogens (primary N) is 1. The maximum atomic E-state index is 12.4. The number of hydrogen-bond acceptors (Lipinski definition) is 2. The quantitative estimate of drug-likeness (QED) is 0.905. The van der Waals surface area contributed by atoms with Gasteiger partial charge in [0.1, 0.15) is 0 Å². The van der Waals surface area contributed by atoms with Crippen LogP contribution in [0.4, 0.5) is 0 Å². The molecule has 2 unspecified atom stereocenters. The van der Waals surface area contributed by atoms with E-state index in [1.165, 1.54) is 5.56 Å². The molecule has 0 aromatic heterocycles. The SMILES string of the molecule is CCC1CN(C(=O)Cc2ccccc2C)CCC1N. The maximum absolute atomic E-state index is 12.4. The van der Waals surface area contributed by atoms with Crippen LogP contribution >= 0.6 is 0 Å². The van der Waals surface area contributed by atoms with Gasteiger partial charge in [0, 0.05) is 19.1 Å². The summed E-state index contributed by atoms with van der Waals surface area (Å²) < 4.78 is 0. The molecular weight excluding hydrogens is 236 g/mol. The zero-order valence-corrected chi connectivity index (χ0v) is 11.9. The normalized spacial score (nSPS) is 23.4. The van der Waals surface area contributed by atoms with Crippen LogP contribution in [0.2, 0.25) is 0 Å². The number of likely N-dealkylation sites (tertiary alicyclic amines) is 1. The van der Waals surface area contributed by atoms with E-state index in [0.29, 0.717) is 12.3 Å². The first-order valence-electron chi connectivity index (χ1n) is 7.19. The molecule has 19 heavy (non-hydrogen) atoms. The van der Waals surface area contributed by atoms with Gasteiger partial charge in [0.2, 0.25) is 5.91 Å². The molecular formula is C16H24N2O. The third kappa shape index (κ3) is 3.35. The number of piperidine rings is 1. The van der Waals surface area contributed by atoms with Crippen molar-refractivity contribution in [3.63, 3.8) is 0 Å². The van der Waals surface area contributed by atoms with Crippen LogP contribution in [0.5, 0.6) is 0 Å². The van der Waals surface area contributed by atoms with E-state index in [2.05, 4.69) is 19.9 Å². The molecule has 1 amide bonds. The van der Waals surface area contributed by atoms with Crippen molar-refractivity contribution in [2.45, 2.75) is 39.2 Å². The molecule has 1 aromatic rings. The Bertz CT molecular complexity index is 444. The molecule has 2 rings (SSSR count). The first kappa shape index (κ1) is 14.1. The highest BCUT2D eigenvalue weighted by atomic mass is 16.2. The van der Waals surface area contributed by atoms with Gasteiger partial charge >= 0.3 is 0 Å². The molecule has 2 atom stereocenters. The largest absolute Gasteiger partial charge is 0.342 e. The smallest absolute Gasteiger partial charge is 0.227 e.